The fourth-order valence-corrected chi connectivity index (χ4v) is 5.71. The number of hydrogen-bond acceptors (Lipinski definition) is 1. The minimum Gasteiger partial charge on any atom is -0.322 e. The molecule has 0 atom stereocenters. The van der Waals surface area contributed by atoms with Gasteiger partial charge in [-0.1, -0.05) is 11.6 Å². The number of halogens is 3. The Balaban J connectivity index is 1.54. The summed E-state index contributed by atoms with van der Waals surface area (Å²) in [7, 11) is 1.82. The maximum Gasteiger partial charge on any atom is 0.322 e. The summed E-state index contributed by atoms with van der Waals surface area (Å²) in [4.78, 5) is 14.5. The highest BCUT2D eigenvalue weighted by molar-refractivity contribution is 6.33. The molecular formula is C18H21ClF2N2O. The normalized spacial score (nSPS) is 33.6. The van der Waals surface area contributed by atoms with Gasteiger partial charge in [0.05, 0.1) is 10.7 Å². The van der Waals surface area contributed by atoms with Gasteiger partial charge in [0, 0.05) is 18.7 Å². The molecule has 0 unspecified atom stereocenters. The average molecular weight is 355 g/mol. The lowest BCUT2D eigenvalue weighted by Crippen LogP contribution is -2.61. The number of anilines is 1. The Bertz CT molecular complexity index is 659. The van der Waals surface area contributed by atoms with Crippen LogP contribution in [0.25, 0.3) is 0 Å². The van der Waals surface area contributed by atoms with Crippen molar-refractivity contribution < 1.29 is 13.6 Å². The van der Waals surface area contributed by atoms with Gasteiger partial charge in [0.2, 0.25) is 0 Å². The van der Waals surface area contributed by atoms with Crippen molar-refractivity contribution in [2.24, 2.45) is 17.8 Å². The van der Waals surface area contributed by atoms with Crippen molar-refractivity contribution in [2.45, 2.75) is 44.1 Å². The van der Waals surface area contributed by atoms with Crippen LogP contribution in [0.4, 0.5) is 19.3 Å². The van der Waals surface area contributed by atoms with E-state index in [1.54, 1.807) is 4.90 Å². The summed E-state index contributed by atoms with van der Waals surface area (Å²) in [5, 5.41) is 2.65. The SMILES string of the molecule is CN(C(=O)Nc1cc(F)c(F)cc1Cl)C12CC3CC(CC(C3)C1)C2. The van der Waals surface area contributed by atoms with Gasteiger partial charge in [-0.3, -0.25) is 0 Å². The van der Waals surface area contributed by atoms with Crippen LogP contribution in [0.5, 0.6) is 0 Å². The van der Waals surface area contributed by atoms with E-state index in [4.69, 9.17) is 11.6 Å². The average Bonchev–Trinajstić information content (AvgIpc) is 2.50. The zero-order chi connectivity index (χ0) is 17.1. The standard InChI is InChI=1S/C18H21ClF2N2O/c1-23(17(24)22-16-6-15(21)14(20)5-13(16)19)18-7-10-2-11(8-18)4-12(3-10)9-18/h5-6,10-12H,2-4,7-9H2,1H3,(H,22,24). The molecule has 24 heavy (non-hydrogen) atoms. The fraction of sp³-hybridized carbons (Fsp3) is 0.611. The first-order chi connectivity index (χ1) is 11.4. The van der Waals surface area contributed by atoms with Crippen LogP contribution in [0.3, 0.4) is 0 Å². The third-order valence-electron chi connectivity index (χ3n) is 6.27. The zero-order valence-electron chi connectivity index (χ0n) is 13.6. The topological polar surface area (TPSA) is 32.3 Å². The van der Waals surface area contributed by atoms with E-state index in [0.29, 0.717) is 0 Å². The number of nitrogens with zero attached hydrogens (tertiary/aromatic N) is 1. The number of benzene rings is 1. The molecule has 130 valence electrons. The van der Waals surface area contributed by atoms with Crippen molar-refractivity contribution in [3.63, 3.8) is 0 Å². The van der Waals surface area contributed by atoms with Crippen LogP contribution >= 0.6 is 11.6 Å². The van der Waals surface area contributed by atoms with Crippen LogP contribution in [0.2, 0.25) is 5.02 Å². The largest absolute Gasteiger partial charge is 0.322 e. The fourth-order valence-electron chi connectivity index (χ4n) is 5.51. The van der Waals surface area contributed by atoms with Crippen LogP contribution in [0.15, 0.2) is 12.1 Å². The van der Waals surface area contributed by atoms with Crippen LogP contribution in [0, 0.1) is 29.4 Å². The predicted octanol–water partition coefficient (Wildman–Crippen LogP) is 5.05. The van der Waals surface area contributed by atoms with Crippen LogP contribution < -0.4 is 5.32 Å². The molecule has 0 aliphatic heterocycles. The Morgan fingerprint density at radius 1 is 1.12 bits per heavy atom. The van der Waals surface area contributed by atoms with Gasteiger partial charge in [0.15, 0.2) is 11.6 Å². The van der Waals surface area contributed by atoms with E-state index in [0.717, 1.165) is 49.1 Å². The quantitative estimate of drug-likeness (QED) is 0.740. The summed E-state index contributed by atoms with van der Waals surface area (Å²) in [6, 6.07) is 1.52. The van der Waals surface area contributed by atoms with Gasteiger partial charge in [-0.25, -0.2) is 13.6 Å². The lowest BCUT2D eigenvalue weighted by atomic mass is 9.52. The van der Waals surface area contributed by atoms with E-state index < -0.39 is 11.6 Å². The molecule has 0 heterocycles. The number of carbonyl (C=O) groups excluding carboxylic acids is 1. The molecule has 4 saturated carbocycles. The minimum atomic E-state index is -1.02. The molecule has 3 nitrogen and oxygen atoms in total. The summed E-state index contributed by atoms with van der Waals surface area (Å²) < 4.78 is 26.6. The first-order valence-electron chi connectivity index (χ1n) is 8.56. The Hall–Kier alpha value is -1.36. The number of carbonyl (C=O) groups is 1. The second-order valence-corrected chi connectivity index (χ2v) is 8.28. The molecule has 0 saturated heterocycles. The smallest absolute Gasteiger partial charge is 0.322 e. The molecule has 1 N–H and O–H groups in total. The highest BCUT2D eigenvalue weighted by atomic mass is 35.5. The Morgan fingerprint density at radius 3 is 2.17 bits per heavy atom. The molecule has 6 heteroatoms. The summed E-state index contributed by atoms with van der Waals surface area (Å²) in [6.07, 6.45) is 7.04. The second-order valence-electron chi connectivity index (χ2n) is 7.88. The van der Waals surface area contributed by atoms with E-state index in [1.165, 1.54) is 19.3 Å². The molecule has 0 spiro atoms. The molecule has 2 amide bonds. The van der Waals surface area contributed by atoms with E-state index in [9.17, 15) is 13.6 Å². The zero-order valence-corrected chi connectivity index (χ0v) is 14.4. The van der Waals surface area contributed by atoms with Gasteiger partial charge in [-0.05, 0) is 62.3 Å². The summed E-state index contributed by atoms with van der Waals surface area (Å²) >= 11 is 5.93. The minimum absolute atomic E-state index is 0.00108. The molecule has 4 fully saturated rings. The van der Waals surface area contributed by atoms with Crippen LogP contribution in [-0.4, -0.2) is 23.5 Å². The summed E-state index contributed by atoms with van der Waals surface area (Å²) in [5.41, 5.74) is 0.0151. The number of nitrogens with one attached hydrogen (secondary N) is 1. The number of rotatable bonds is 2. The molecule has 0 radical (unpaired) electrons. The van der Waals surface area contributed by atoms with Crippen LogP contribution in [0.1, 0.15) is 38.5 Å². The van der Waals surface area contributed by atoms with E-state index in [1.807, 2.05) is 7.05 Å². The van der Waals surface area contributed by atoms with Crippen molar-refractivity contribution in [1.29, 1.82) is 0 Å². The maximum absolute atomic E-state index is 13.4. The molecule has 5 rings (SSSR count). The Labute approximate surface area is 145 Å². The van der Waals surface area contributed by atoms with Gasteiger partial charge in [-0.2, -0.15) is 0 Å². The number of urea groups is 1. The van der Waals surface area contributed by atoms with Gasteiger partial charge in [0.25, 0.3) is 0 Å². The van der Waals surface area contributed by atoms with Crippen molar-refractivity contribution in [3.8, 4) is 0 Å². The van der Waals surface area contributed by atoms with Gasteiger partial charge < -0.3 is 10.2 Å². The Kier molecular flexibility index (Phi) is 3.75. The maximum atomic E-state index is 13.4. The van der Waals surface area contributed by atoms with Gasteiger partial charge in [0.1, 0.15) is 0 Å². The second kappa shape index (κ2) is 5.58. The van der Waals surface area contributed by atoms with Crippen molar-refractivity contribution in [3.05, 3.63) is 28.8 Å². The van der Waals surface area contributed by atoms with Crippen molar-refractivity contribution in [1.82, 2.24) is 4.90 Å². The van der Waals surface area contributed by atoms with Crippen LogP contribution in [-0.2, 0) is 0 Å². The van der Waals surface area contributed by atoms with Gasteiger partial charge >= 0.3 is 6.03 Å². The number of hydrogen-bond donors (Lipinski definition) is 1. The van der Waals surface area contributed by atoms with Gasteiger partial charge in [-0.15, -0.1) is 0 Å². The van der Waals surface area contributed by atoms with E-state index >= 15 is 0 Å². The third-order valence-corrected chi connectivity index (χ3v) is 6.59. The number of amides is 2. The molecule has 1 aromatic rings. The van der Waals surface area contributed by atoms with Crippen molar-refractivity contribution >= 4 is 23.3 Å². The highest BCUT2D eigenvalue weighted by Gasteiger charge is 2.53. The lowest BCUT2D eigenvalue weighted by molar-refractivity contribution is -0.0604. The molecular weight excluding hydrogens is 334 g/mol. The molecule has 4 bridgehead atoms. The van der Waals surface area contributed by atoms with E-state index in [-0.39, 0.29) is 22.3 Å². The highest BCUT2D eigenvalue weighted by Crippen LogP contribution is 2.57. The molecule has 1 aromatic carbocycles. The molecule has 0 aromatic heterocycles. The van der Waals surface area contributed by atoms with E-state index in [2.05, 4.69) is 5.32 Å². The first-order valence-corrected chi connectivity index (χ1v) is 8.93. The summed E-state index contributed by atoms with van der Waals surface area (Å²) in [5.74, 6) is 0.120. The first kappa shape index (κ1) is 16.1. The molecule has 4 aliphatic rings. The molecule has 4 aliphatic carbocycles. The predicted molar refractivity (Wildman–Crippen MR) is 89.1 cm³/mol. The third kappa shape index (κ3) is 2.57. The summed E-state index contributed by atoms with van der Waals surface area (Å²) in [6.45, 7) is 0. The van der Waals surface area contributed by atoms with Crippen molar-refractivity contribution in [2.75, 3.05) is 12.4 Å². The lowest BCUT2D eigenvalue weighted by Gasteiger charge is -2.59. The Morgan fingerprint density at radius 2 is 1.62 bits per heavy atom. The monoisotopic (exact) mass is 354 g/mol.